The van der Waals surface area contributed by atoms with Crippen molar-refractivity contribution in [1.82, 2.24) is 5.32 Å². The van der Waals surface area contributed by atoms with Crippen LogP contribution in [0, 0.1) is 5.82 Å². The molecule has 0 spiro atoms. The third-order valence-electron chi connectivity index (χ3n) is 3.92. The van der Waals surface area contributed by atoms with Crippen LogP contribution in [0.5, 0.6) is 0 Å². The van der Waals surface area contributed by atoms with Crippen LogP contribution in [-0.2, 0) is 0 Å². The van der Waals surface area contributed by atoms with Gasteiger partial charge in [0, 0.05) is 27.4 Å². The lowest BCUT2D eigenvalue weighted by atomic mass is 9.93. The van der Waals surface area contributed by atoms with Crippen LogP contribution in [0.4, 0.5) is 4.39 Å². The van der Waals surface area contributed by atoms with Gasteiger partial charge in [0.25, 0.3) is 0 Å². The molecule has 1 N–H and O–H groups in total. The molecule has 106 valence electrons. The van der Waals surface area contributed by atoms with Crippen molar-refractivity contribution >= 4 is 27.7 Å². The first-order valence-electron chi connectivity index (χ1n) is 6.84. The molecule has 1 aromatic rings. The van der Waals surface area contributed by atoms with Gasteiger partial charge < -0.3 is 5.32 Å². The van der Waals surface area contributed by atoms with Crippen LogP contribution < -0.4 is 5.32 Å². The molecule has 1 atom stereocenters. The van der Waals surface area contributed by atoms with Crippen molar-refractivity contribution in [2.24, 2.45) is 0 Å². The SMILES string of the molecule is CSC1CCC(NC(C)c2ccc(Br)cc2F)CC1. The first-order chi connectivity index (χ1) is 9.10. The molecule has 19 heavy (non-hydrogen) atoms. The van der Waals surface area contributed by atoms with E-state index in [4.69, 9.17) is 0 Å². The standard InChI is InChI=1S/C15H21BrFNS/c1-10(14-8-3-11(16)9-15(14)17)18-12-4-6-13(19-2)7-5-12/h3,8-10,12-13,18H,4-7H2,1-2H3. The predicted molar refractivity (Wildman–Crippen MR) is 85.2 cm³/mol. The first-order valence-corrected chi connectivity index (χ1v) is 8.92. The number of thioether (sulfide) groups is 1. The number of rotatable bonds is 4. The third-order valence-corrected chi connectivity index (χ3v) is 5.55. The summed E-state index contributed by atoms with van der Waals surface area (Å²) in [7, 11) is 0. The van der Waals surface area contributed by atoms with E-state index in [9.17, 15) is 4.39 Å². The highest BCUT2D eigenvalue weighted by molar-refractivity contribution is 9.10. The van der Waals surface area contributed by atoms with E-state index in [-0.39, 0.29) is 11.9 Å². The van der Waals surface area contributed by atoms with E-state index in [2.05, 4.69) is 27.5 Å². The van der Waals surface area contributed by atoms with E-state index in [1.54, 1.807) is 0 Å². The maximum absolute atomic E-state index is 13.9. The van der Waals surface area contributed by atoms with E-state index in [1.165, 1.54) is 31.7 Å². The van der Waals surface area contributed by atoms with E-state index in [0.717, 1.165) is 15.3 Å². The number of benzene rings is 1. The topological polar surface area (TPSA) is 12.0 Å². The first kappa shape index (κ1) is 15.3. The maximum Gasteiger partial charge on any atom is 0.129 e. The molecule has 0 heterocycles. The van der Waals surface area contributed by atoms with Crippen molar-refractivity contribution in [3.05, 3.63) is 34.1 Å². The zero-order valence-electron chi connectivity index (χ0n) is 11.5. The van der Waals surface area contributed by atoms with Crippen molar-refractivity contribution in [3.63, 3.8) is 0 Å². The Bertz CT molecular complexity index is 419. The highest BCUT2D eigenvalue weighted by atomic mass is 79.9. The van der Waals surface area contributed by atoms with Crippen molar-refractivity contribution in [3.8, 4) is 0 Å². The molecular formula is C15H21BrFNS. The van der Waals surface area contributed by atoms with E-state index in [0.29, 0.717) is 6.04 Å². The molecule has 1 nitrogen and oxygen atoms in total. The van der Waals surface area contributed by atoms with E-state index >= 15 is 0 Å². The molecular weight excluding hydrogens is 325 g/mol. The lowest BCUT2D eigenvalue weighted by molar-refractivity contribution is 0.348. The quantitative estimate of drug-likeness (QED) is 0.831. The predicted octanol–water partition coefficient (Wildman–Crippen LogP) is 4.91. The molecule has 0 amide bonds. The van der Waals surface area contributed by atoms with Gasteiger partial charge in [-0.05, 0) is 51.0 Å². The minimum Gasteiger partial charge on any atom is -0.307 e. The van der Waals surface area contributed by atoms with Crippen LogP contribution in [0.15, 0.2) is 22.7 Å². The lowest BCUT2D eigenvalue weighted by Crippen LogP contribution is -2.35. The Hall–Kier alpha value is -0.0600. The number of hydrogen-bond donors (Lipinski definition) is 1. The smallest absolute Gasteiger partial charge is 0.129 e. The van der Waals surface area contributed by atoms with Gasteiger partial charge in [0.1, 0.15) is 5.82 Å². The Morgan fingerprint density at radius 2 is 2.00 bits per heavy atom. The summed E-state index contributed by atoms with van der Waals surface area (Å²) in [5, 5.41) is 4.39. The molecule has 0 saturated heterocycles. The Kier molecular flexibility index (Phi) is 5.72. The summed E-state index contributed by atoms with van der Waals surface area (Å²) in [5.41, 5.74) is 0.759. The Morgan fingerprint density at radius 3 is 2.58 bits per heavy atom. The Balaban J connectivity index is 1.92. The average Bonchev–Trinajstić information content (AvgIpc) is 2.39. The second-order valence-corrected chi connectivity index (χ2v) is 7.32. The normalized spacial score (nSPS) is 25.3. The summed E-state index contributed by atoms with van der Waals surface area (Å²) in [6.45, 7) is 2.05. The van der Waals surface area contributed by atoms with E-state index in [1.807, 2.05) is 30.8 Å². The van der Waals surface area contributed by atoms with Gasteiger partial charge in [-0.2, -0.15) is 11.8 Å². The minimum absolute atomic E-state index is 0.0731. The molecule has 2 rings (SSSR count). The largest absolute Gasteiger partial charge is 0.307 e. The van der Waals surface area contributed by atoms with Gasteiger partial charge in [-0.25, -0.2) is 4.39 Å². The fraction of sp³-hybridized carbons (Fsp3) is 0.600. The van der Waals surface area contributed by atoms with Gasteiger partial charge in [0.15, 0.2) is 0 Å². The molecule has 0 radical (unpaired) electrons. The summed E-state index contributed by atoms with van der Waals surface area (Å²) in [4.78, 5) is 0. The lowest BCUT2D eigenvalue weighted by Gasteiger charge is -2.30. The fourth-order valence-corrected chi connectivity index (χ4v) is 3.84. The molecule has 0 bridgehead atoms. The molecule has 1 aromatic carbocycles. The molecule has 1 unspecified atom stereocenters. The summed E-state index contributed by atoms with van der Waals surface area (Å²) in [5.74, 6) is -0.132. The fourth-order valence-electron chi connectivity index (χ4n) is 2.76. The highest BCUT2D eigenvalue weighted by Gasteiger charge is 2.22. The Morgan fingerprint density at radius 1 is 1.32 bits per heavy atom. The summed E-state index contributed by atoms with van der Waals surface area (Å²) in [6, 6.07) is 5.91. The third kappa shape index (κ3) is 4.20. The molecule has 1 aliphatic rings. The highest BCUT2D eigenvalue weighted by Crippen LogP contribution is 2.29. The second kappa shape index (κ2) is 7.09. The second-order valence-electron chi connectivity index (χ2n) is 5.26. The maximum atomic E-state index is 13.9. The van der Waals surface area contributed by atoms with Gasteiger partial charge in [0.2, 0.25) is 0 Å². The molecule has 1 saturated carbocycles. The summed E-state index contributed by atoms with van der Waals surface area (Å²) >= 11 is 5.27. The van der Waals surface area contributed by atoms with Crippen LogP contribution in [0.1, 0.15) is 44.2 Å². The van der Waals surface area contributed by atoms with Gasteiger partial charge in [-0.3, -0.25) is 0 Å². The van der Waals surface area contributed by atoms with E-state index < -0.39 is 0 Å². The molecule has 0 aromatic heterocycles. The van der Waals surface area contributed by atoms with Crippen LogP contribution in [0.3, 0.4) is 0 Å². The Labute approximate surface area is 127 Å². The molecule has 1 fully saturated rings. The molecule has 4 heteroatoms. The van der Waals surface area contributed by atoms with Gasteiger partial charge in [-0.1, -0.05) is 22.0 Å². The summed E-state index contributed by atoms with van der Waals surface area (Å²) < 4.78 is 14.7. The number of nitrogens with one attached hydrogen (secondary N) is 1. The van der Waals surface area contributed by atoms with Crippen LogP contribution in [0.2, 0.25) is 0 Å². The van der Waals surface area contributed by atoms with Crippen molar-refractivity contribution in [2.45, 2.75) is 49.9 Å². The minimum atomic E-state index is -0.132. The average molecular weight is 346 g/mol. The zero-order chi connectivity index (χ0) is 13.8. The summed E-state index contributed by atoms with van der Waals surface area (Å²) in [6.07, 6.45) is 7.14. The van der Waals surface area contributed by atoms with Crippen LogP contribution >= 0.6 is 27.7 Å². The molecule has 1 aliphatic carbocycles. The van der Waals surface area contributed by atoms with Crippen molar-refractivity contribution in [1.29, 1.82) is 0 Å². The van der Waals surface area contributed by atoms with Crippen LogP contribution in [-0.4, -0.2) is 17.5 Å². The van der Waals surface area contributed by atoms with Gasteiger partial charge in [-0.15, -0.1) is 0 Å². The monoisotopic (exact) mass is 345 g/mol. The van der Waals surface area contributed by atoms with Crippen molar-refractivity contribution < 1.29 is 4.39 Å². The zero-order valence-corrected chi connectivity index (χ0v) is 13.9. The van der Waals surface area contributed by atoms with Gasteiger partial charge in [0.05, 0.1) is 0 Å². The number of hydrogen-bond acceptors (Lipinski definition) is 2. The number of halogens is 2. The molecule has 0 aliphatic heterocycles. The van der Waals surface area contributed by atoms with Crippen molar-refractivity contribution in [2.75, 3.05) is 6.26 Å². The van der Waals surface area contributed by atoms with Crippen LogP contribution in [0.25, 0.3) is 0 Å². The van der Waals surface area contributed by atoms with Gasteiger partial charge >= 0.3 is 0 Å².